The smallest absolute Gasteiger partial charge is 0.226 e. The van der Waals surface area contributed by atoms with Crippen molar-refractivity contribution in [3.63, 3.8) is 0 Å². The van der Waals surface area contributed by atoms with Gasteiger partial charge in [-0.1, -0.05) is 0 Å². The highest BCUT2D eigenvalue weighted by molar-refractivity contribution is 7.15. The molecule has 0 aromatic carbocycles. The van der Waals surface area contributed by atoms with Crippen LogP contribution >= 0.6 is 11.3 Å². The number of nitrogens with zero attached hydrogens (tertiary/aromatic N) is 1. The van der Waals surface area contributed by atoms with Gasteiger partial charge in [0.15, 0.2) is 5.13 Å². The Hall–Kier alpha value is -0.940. The number of nitrogens with two attached hydrogens (primary N) is 1. The fraction of sp³-hybridized carbons (Fsp3) is 0.636. The van der Waals surface area contributed by atoms with Gasteiger partial charge >= 0.3 is 0 Å². The fourth-order valence-electron chi connectivity index (χ4n) is 1.86. The summed E-state index contributed by atoms with van der Waals surface area (Å²) in [7, 11) is 0. The highest BCUT2D eigenvalue weighted by Crippen LogP contribution is 2.30. The van der Waals surface area contributed by atoms with Gasteiger partial charge in [-0.25, -0.2) is 4.98 Å². The second-order valence-electron chi connectivity index (χ2n) is 4.04. The zero-order valence-electron chi connectivity index (χ0n) is 9.29. The van der Waals surface area contributed by atoms with E-state index in [1.54, 1.807) is 11.3 Å². The molecule has 0 saturated heterocycles. The molecule has 1 aliphatic rings. The lowest BCUT2D eigenvalue weighted by Gasteiger charge is -2.00. The van der Waals surface area contributed by atoms with Crippen LogP contribution in [0, 0.1) is 0 Å². The van der Waals surface area contributed by atoms with Crippen molar-refractivity contribution in [1.29, 1.82) is 0 Å². The Kier molecular flexibility index (Phi) is 3.90. The van der Waals surface area contributed by atoms with Crippen molar-refractivity contribution in [2.75, 3.05) is 11.9 Å². The van der Waals surface area contributed by atoms with Gasteiger partial charge in [0.05, 0.1) is 5.69 Å². The summed E-state index contributed by atoms with van der Waals surface area (Å²) in [5.41, 5.74) is 6.56. The summed E-state index contributed by atoms with van der Waals surface area (Å²) in [4.78, 5) is 17.3. The van der Waals surface area contributed by atoms with Crippen LogP contribution in [0.25, 0.3) is 0 Å². The standard InChI is InChI=1S/C11H17N3OS/c12-7-2-1-6-10(15)14-11-13-8-4-3-5-9(8)16-11/h1-7,12H2,(H,13,14,15). The normalized spacial score (nSPS) is 13.8. The van der Waals surface area contributed by atoms with Crippen molar-refractivity contribution >= 4 is 22.4 Å². The van der Waals surface area contributed by atoms with E-state index >= 15 is 0 Å². The molecule has 0 unspecified atom stereocenters. The molecule has 1 heterocycles. The van der Waals surface area contributed by atoms with Crippen LogP contribution in [0.5, 0.6) is 0 Å². The van der Waals surface area contributed by atoms with Crippen molar-refractivity contribution in [2.45, 2.75) is 38.5 Å². The topological polar surface area (TPSA) is 68.0 Å². The number of aromatic nitrogens is 1. The SMILES string of the molecule is NCCCCC(=O)Nc1nc2c(s1)CCC2. The monoisotopic (exact) mass is 239 g/mol. The lowest BCUT2D eigenvalue weighted by molar-refractivity contribution is -0.116. The molecule has 2 rings (SSSR count). The van der Waals surface area contributed by atoms with Gasteiger partial charge in [-0.05, 0) is 38.6 Å². The average molecular weight is 239 g/mol. The summed E-state index contributed by atoms with van der Waals surface area (Å²) >= 11 is 1.62. The summed E-state index contributed by atoms with van der Waals surface area (Å²) in [6.45, 7) is 0.652. The molecule has 0 radical (unpaired) electrons. The molecule has 4 nitrogen and oxygen atoms in total. The number of thiazole rings is 1. The Morgan fingerprint density at radius 1 is 1.44 bits per heavy atom. The Morgan fingerprint density at radius 2 is 2.31 bits per heavy atom. The van der Waals surface area contributed by atoms with Gasteiger partial charge in [-0.15, -0.1) is 11.3 Å². The first-order valence-corrected chi connectivity index (χ1v) is 6.59. The van der Waals surface area contributed by atoms with E-state index in [-0.39, 0.29) is 5.91 Å². The molecule has 1 aliphatic carbocycles. The molecule has 0 aliphatic heterocycles. The number of unbranched alkanes of at least 4 members (excludes halogenated alkanes) is 1. The van der Waals surface area contributed by atoms with Gasteiger partial charge in [0.2, 0.25) is 5.91 Å². The average Bonchev–Trinajstić information content (AvgIpc) is 2.78. The number of carbonyl (C=O) groups excluding carboxylic acids is 1. The van der Waals surface area contributed by atoms with E-state index in [0.29, 0.717) is 13.0 Å². The van der Waals surface area contributed by atoms with Crippen molar-refractivity contribution in [2.24, 2.45) is 5.73 Å². The molecule has 0 bridgehead atoms. The molecular formula is C11H17N3OS. The minimum absolute atomic E-state index is 0.0564. The van der Waals surface area contributed by atoms with Gasteiger partial charge in [0.25, 0.3) is 0 Å². The van der Waals surface area contributed by atoms with Crippen molar-refractivity contribution < 1.29 is 4.79 Å². The molecule has 0 atom stereocenters. The van der Waals surface area contributed by atoms with Crippen LogP contribution < -0.4 is 11.1 Å². The van der Waals surface area contributed by atoms with Gasteiger partial charge in [0.1, 0.15) is 0 Å². The van der Waals surface area contributed by atoms with E-state index < -0.39 is 0 Å². The number of amides is 1. The molecule has 0 saturated carbocycles. The Bertz CT molecular complexity index is 354. The van der Waals surface area contributed by atoms with Crippen LogP contribution in [0.3, 0.4) is 0 Å². The van der Waals surface area contributed by atoms with Crippen LogP contribution in [0.15, 0.2) is 0 Å². The number of anilines is 1. The maximum atomic E-state index is 11.5. The number of carbonyl (C=O) groups is 1. The first-order valence-electron chi connectivity index (χ1n) is 5.78. The predicted octanol–water partition coefficient (Wildman–Crippen LogP) is 1.70. The number of nitrogens with one attached hydrogen (secondary N) is 1. The second kappa shape index (κ2) is 5.41. The zero-order valence-corrected chi connectivity index (χ0v) is 10.1. The molecule has 16 heavy (non-hydrogen) atoms. The first-order chi connectivity index (χ1) is 7.79. The van der Waals surface area contributed by atoms with E-state index in [4.69, 9.17) is 5.73 Å². The number of aryl methyl sites for hydroxylation is 2. The second-order valence-corrected chi connectivity index (χ2v) is 5.12. The first kappa shape index (κ1) is 11.5. The van der Waals surface area contributed by atoms with Gasteiger partial charge in [0, 0.05) is 11.3 Å². The maximum absolute atomic E-state index is 11.5. The van der Waals surface area contributed by atoms with Gasteiger partial charge in [-0.3, -0.25) is 4.79 Å². The highest BCUT2D eigenvalue weighted by Gasteiger charge is 2.17. The minimum Gasteiger partial charge on any atom is -0.330 e. The lowest BCUT2D eigenvalue weighted by atomic mass is 10.2. The third kappa shape index (κ3) is 2.80. The van der Waals surface area contributed by atoms with Crippen LogP contribution in [-0.4, -0.2) is 17.4 Å². The number of hydrogen-bond acceptors (Lipinski definition) is 4. The van der Waals surface area contributed by atoms with Crippen LogP contribution in [0.2, 0.25) is 0 Å². The Balaban J connectivity index is 1.82. The summed E-state index contributed by atoms with van der Waals surface area (Å²) in [6, 6.07) is 0. The van der Waals surface area contributed by atoms with E-state index in [2.05, 4.69) is 10.3 Å². The highest BCUT2D eigenvalue weighted by atomic mass is 32.1. The summed E-state index contributed by atoms with van der Waals surface area (Å²) in [6.07, 6.45) is 5.69. The van der Waals surface area contributed by atoms with E-state index in [0.717, 1.165) is 30.8 Å². The largest absolute Gasteiger partial charge is 0.330 e. The number of rotatable bonds is 5. The third-order valence-corrected chi connectivity index (χ3v) is 3.77. The quantitative estimate of drug-likeness (QED) is 0.768. The van der Waals surface area contributed by atoms with E-state index in [1.165, 1.54) is 17.0 Å². The molecular weight excluding hydrogens is 222 g/mol. The Labute approximate surface area is 99.3 Å². The minimum atomic E-state index is 0.0564. The summed E-state index contributed by atoms with van der Waals surface area (Å²) in [5.74, 6) is 0.0564. The molecule has 3 N–H and O–H groups in total. The van der Waals surface area contributed by atoms with Crippen LogP contribution in [0.1, 0.15) is 36.3 Å². The van der Waals surface area contributed by atoms with Crippen LogP contribution in [-0.2, 0) is 17.6 Å². The molecule has 5 heteroatoms. The van der Waals surface area contributed by atoms with Crippen molar-refractivity contribution in [1.82, 2.24) is 4.98 Å². The zero-order chi connectivity index (χ0) is 11.4. The molecule has 1 aromatic heterocycles. The number of fused-ring (bicyclic) bond motifs is 1. The Morgan fingerprint density at radius 3 is 3.06 bits per heavy atom. The van der Waals surface area contributed by atoms with Crippen molar-refractivity contribution in [3.8, 4) is 0 Å². The van der Waals surface area contributed by atoms with Crippen LogP contribution in [0.4, 0.5) is 5.13 Å². The predicted molar refractivity (Wildman–Crippen MR) is 65.7 cm³/mol. The summed E-state index contributed by atoms with van der Waals surface area (Å²) < 4.78 is 0. The molecule has 0 fully saturated rings. The number of hydrogen-bond donors (Lipinski definition) is 2. The fourth-order valence-corrected chi connectivity index (χ4v) is 2.92. The maximum Gasteiger partial charge on any atom is 0.226 e. The van der Waals surface area contributed by atoms with Crippen molar-refractivity contribution in [3.05, 3.63) is 10.6 Å². The van der Waals surface area contributed by atoms with E-state index in [9.17, 15) is 4.79 Å². The van der Waals surface area contributed by atoms with E-state index in [1.807, 2.05) is 0 Å². The molecule has 88 valence electrons. The lowest BCUT2D eigenvalue weighted by Crippen LogP contribution is -2.11. The molecule has 1 amide bonds. The summed E-state index contributed by atoms with van der Waals surface area (Å²) in [5, 5.41) is 3.62. The molecule has 0 spiro atoms. The van der Waals surface area contributed by atoms with Gasteiger partial charge < -0.3 is 11.1 Å². The van der Waals surface area contributed by atoms with Gasteiger partial charge in [-0.2, -0.15) is 0 Å². The third-order valence-electron chi connectivity index (χ3n) is 2.70. The molecule has 1 aromatic rings.